The Bertz CT molecular complexity index is 896. The molecule has 5 nitrogen and oxygen atoms in total. The van der Waals surface area contributed by atoms with Crippen LogP contribution in [-0.2, 0) is 6.54 Å². The molecule has 0 unspecified atom stereocenters. The third-order valence-electron chi connectivity index (χ3n) is 4.30. The van der Waals surface area contributed by atoms with Crippen molar-refractivity contribution in [3.63, 3.8) is 0 Å². The largest absolute Gasteiger partial charge is 0.336 e. The van der Waals surface area contributed by atoms with E-state index < -0.39 is 0 Å². The summed E-state index contributed by atoms with van der Waals surface area (Å²) in [6.45, 7) is 11.7. The molecule has 3 heterocycles. The number of nitrogens with zero attached hydrogens (tertiary/aromatic N) is 4. The molecule has 0 radical (unpaired) electrons. The maximum Gasteiger partial charge on any atom is 0.254 e. The second kappa shape index (κ2) is 7.58. The van der Waals surface area contributed by atoms with E-state index in [2.05, 4.69) is 49.2 Å². The molecule has 6 heteroatoms. The normalized spacial score (nSPS) is 11.7. The highest BCUT2D eigenvalue weighted by Gasteiger charge is 2.23. The number of carbonyl (C=O) groups is 1. The van der Waals surface area contributed by atoms with Crippen LogP contribution in [-0.4, -0.2) is 38.2 Å². The Morgan fingerprint density at radius 3 is 2.69 bits per heavy atom. The van der Waals surface area contributed by atoms with E-state index in [0.29, 0.717) is 18.0 Å². The monoisotopic (exact) mass is 370 g/mol. The summed E-state index contributed by atoms with van der Waals surface area (Å²) < 4.78 is 1.88. The molecule has 0 saturated heterocycles. The van der Waals surface area contributed by atoms with E-state index in [1.165, 1.54) is 4.88 Å². The number of hydrogen-bond donors (Lipinski definition) is 0. The van der Waals surface area contributed by atoms with Crippen LogP contribution in [0, 0.1) is 12.8 Å². The zero-order chi connectivity index (χ0) is 18.8. The summed E-state index contributed by atoms with van der Waals surface area (Å²) in [5, 5.41) is 7.39. The van der Waals surface area contributed by atoms with E-state index in [1.807, 2.05) is 28.6 Å². The third-order valence-corrected chi connectivity index (χ3v) is 5.16. The zero-order valence-corrected chi connectivity index (χ0v) is 16.9. The minimum atomic E-state index is 0.0554. The first kappa shape index (κ1) is 18.6. The average Bonchev–Trinajstić information content (AvgIpc) is 3.22. The highest BCUT2D eigenvalue weighted by atomic mass is 32.1. The molecule has 0 aromatic carbocycles. The SMILES string of the molecule is Cc1cc(C(=O)N(CC(C)C)C(C)C)c2cnn(Cc3cccs3)c2n1. The molecule has 3 aromatic rings. The van der Waals surface area contributed by atoms with Gasteiger partial charge in [0.25, 0.3) is 5.91 Å². The molecule has 26 heavy (non-hydrogen) atoms. The average molecular weight is 371 g/mol. The predicted octanol–water partition coefficient (Wildman–Crippen LogP) is 4.36. The van der Waals surface area contributed by atoms with Gasteiger partial charge in [-0.05, 0) is 44.2 Å². The van der Waals surface area contributed by atoms with E-state index in [4.69, 9.17) is 0 Å². The van der Waals surface area contributed by atoms with E-state index in [9.17, 15) is 4.79 Å². The van der Waals surface area contributed by atoms with Gasteiger partial charge < -0.3 is 4.90 Å². The highest BCUT2D eigenvalue weighted by molar-refractivity contribution is 7.09. The van der Waals surface area contributed by atoms with E-state index >= 15 is 0 Å². The summed E-state index contributed by atoms with van der Waals surface area (Å²) in [7, 11) is 0. The Morgan fingerprint density at radius 1 is 1.31 bits per heavy atom. The van der Waals surface area contributed by atoms with Gasteiger partial charge in [0.15, 0.2) is 5.65 Å². The summed E-state index contributed by atoms with van der Waals surface area (Å²) in [5.74, 6) is 0.473. The van der Waals surface area contributed by atoms with Crippen molar-refractivity contribution in [2.24, 2.45) is 5.92 Å². The van der Waals surface area contributed by atoms with Crippen molar-refractivity contribution in [2.45, 2.75) is 47.2 Å². The molecule has 0 aliphatic heterocycles. The third kappa shape index (κ3) is 3.80. The molecule has 0 aliphatic rings. The van der Waals surface area contributed by atoms with Crippen LogP contribution in [0.15, 0.2) is 29.8 Å². The molecule has 0 N–H and O–H groups in total. The van der Waals surface area contributed by atoms with Crippen LogP contribution in [0.5, 0.6) is 0 Å². The number of amides is 1. The molecule has 0 fully saturated rings. The number of fused-ring (bicyclic) bond motifs is 1. The van der Waals surface area contributed by atoms with Gasteiger partial charge in [-0.2, -0.15) is 5.10 Å². The van der Waals surface area contributed by atoms with E-state index in [0.717, 1.165) is 23.3 Å². The van der Waals surface area contributed by atoms with Crippen molar-refractivity contribution in [2.75, 3.05) is 6.54 Å². The Labute approximate surface area is 158 Å². The van der Waals surface area contributed by atoms with Crippen molar-refractivity contribution in [3.05, 3.63) is 45.9 Å². The number of aromatic nitrogens is 3. The molecule has 0 atom stereocenters. The fourth-order valence-electron chi connectivity index (χ4n) is 3.09. The van der Waals surface area contributed by atoms with Crippen LogP contribution in [0.3, 0.4) is 0 Å². The molecule has 0 spiro atoms. The maximum atomic E-state index is 13.3. The Morgan fingerprint density at radius 2 is 2.08 bits per heavy atom. The number of pyridine rings is 1. The summed E-state index contributed by atoms with van der Waals surface area (Å²) in [6, 6.07) is 6.15. The van der Waals surface area contributed by atoms with Crippen molar-refractivity contribution in [1.82, 2.24) is 19.7 Å². The smallest absolute Gasteiger partial charge is 0.254 e. The second-order valence-corrected chi connectivity index (χ2v) is 8.41. The first-order chi connectivity index (χ1) is 12.4. The highest BCUT2D eigenvalue weighted by Crippen LogP contribution is 2.23. The predicted molar refractivity (Wildman–Crippen MR) is 107 cm³/mol. The number of aryl methyl sites for hydroxylation is 1. The first-order valence-corrected chi connectivity index (χ1v) is 9.91. The molecule has 138 valence electrons. The van der Waals surface area contributed by atoms with Crippen molar-refractivity contribution >= 4 is 28.3 Å². The van der Waals surface area contributed by atoms with Crippen LogP contribution in [0.25, 0.3) is 11.0 Å². The Balaban J connectivity index is 2.03. The standard InChI is InChI=1S/C20H26N4OS/c1-13(2)11-23(14(3)4)20(25)17-9-15(5)22-19-18(17)10-21-24(19)12-16-7-6-8-26-16/h6-10,13-14H,11-12H2,1-5H3. The van der Waals surface area contributed by atoms with Crippen LogP contribution in [0.1, 0.15) is 48.6 Å². The van der Waals surface area contributed by atoms with Crippen molar-refractivity contribution in [1.29, 1.82) is 0 Å². The van der Waals surface area contributed by atoms with Gasteiger partial charge in [0.05, 0.1) is 23.7 Å². The van der Waals surface area contributed by atoms with Gasteiger partial charge in [-0.1, -0.05) is 19.9 Å². The zero-order valence-electron chi connectivity index (χ0n) is 16.1. The van der Waals surface area contributed by atoms with Gasteiger partial charge in [-0.15, -0.1) is 11.3 Å². The minimum absolute atomic E-state index is 0.0554. The summed E-state index contributed by atoms with van der Waals surface area (Å²) in [6.07, 6.45) is 1.77. The topological polar surface area (TPSA) is 51.0 Å². The van der Waals surface area contributed by atoms with Crippen LogP contribution in [0.2, 0.25) is 0 Å². The van der Waals surface area contributed by atoms with Crippen LogP contribution >= 0.6 is 11.3 Å². The molecule has 0 saturated carbocycles. The molecule has 0 bridgehead atoms. The summed E-state index contributed by atoms with van der Waals surface area (Å²) in [5.41, 5.74) is 2.30. The van der Waals surface area contributed by atoms with Gasteiger partial charge >= 0.3 is 0 Å². The lowest BCUT2D eigenvalue weighted by Gasteiger charge is -2.29. The lowest BCUT2D eigenvalue weighted by atomic mass is 10.1. The molecule has 1 amide bonds. The summed E-state index contributed by atoms with van der Waals surface area (Å²) in [4.78, 5) is 21.1. The van der Waals surface area contributed by atoms with E-state index in [1.54, 1.807) is 17.5 Å². The molecule has 3 aromatic heterocycles. The maximum absolute atomic E-state index is 13.3. The number of thiophene rings is 1. The number of hydrogen-bond acceptors (Lipinski definition) is 4. The quantitative estimate of drug-likeness (QED) is 0.648. The van der Waals surface area contributed by atoms with Crippen molar-refractivity contribution < 1.29 is 4.79 Å². The molecular formula is C20H26N4OS. The second-order valence-electron chi connectivity index (χ2n) is 7.38. The first-order valence-electron chi connectivity index (χ1n) is 9.03. The summed E-state index contributed by atoms with van der Waals surface area (Å²) >= 11 is 1.70. The van der Waals surface area contributed by atoms with Gasteiger partial charge in [-0.25, -0.2) is 9.67 Å². The van der Waals surface area contributed by atoms with Gasteiger partial charge in [0.2, 0.25) is 0 Å². The Hall–Kier alpha value is -2.21. The fourth-order valence-corrected chi connectivity index (χ4v) is 3.78. The van der Waals surface area contributed by atoms with Gasteiger partial charge in [0.1, 0.15) is 0 Å². The van der Waals surface area contributed by atoms with Crippen LogP contribution < -0.4 is 0 Å². The van der Waals surface area contributed by atoms with E-state index in [-0.39, 0.29) is 11.9 Å². The van der Waals surface area contributed by atoms with Gasteiger partial charge in [-0.3, -0.25) is 4.79 Å². The minimum Gasteiger partial charge on any atom is -0.336 e. The molecular weight excluding hydrogens is 344 g/mol. The van der Waals surface area contributed by atoms with Crippen LogP contribution in [0.4, 0.5) is 0 Å². The Kier molecular flexibility index (Phi) is 5.41. The van der Waals surface area contributed by atoms with Gasteiger partial charge in [0, 0.05) is 23.2 Å². The fraction of sp³-hybridized carbons (Fsp3) is 0.450. The molecule has 0 aliphatic carbocycles. The number of rotatable bonds is 6. The lowest BCUT2D eigenvalue weighted by molar-refractivity contribution is 0.0684. The van der Waals surface area contributed by atoms with Crippen molar-refractivity contribution in [3.8, 4) is 0 Å². The number of carbonyl (C=O) groups excluding carboxylic acids is 1. The lowest BCUT2D eigenvalue weighted by Crippen LogP contribution is -2.39. The molecule has 3 rings (SSSR count).